The largest absolute Gasteiger partial charge is 0.507 e. The number of imidazole rings is 1. The minimum absolute atomic E-state index is 0.0132. The van der Waals surface area contributed by atoms with E-state index in [1.807, 2.05) is 0 Å². The standard InChI is InChI=1S/C24H15FN4O5/c25-15-8-11-17-18(12-15)27-24(26-17)28-20(13-4-2-1-3-5-13)19(22(31)23(28)32)21(30)14-6-9-16(10-7-14)29(33)34/h1-12,20,30H,(H,26,27)/b21-19+. The Bertz CT molecular complexity index is 1500. The normalized spacial score (nSPS) is 17.4. The number of rotatable bonds is 4. The van der Waals surface area contributed by atoms with Crippen molar-refractivity contribution in [3.8, 4) is 0 Å². The number of halogens is 1. The summed E-state index contributed by atoms with van der Waals surface area (Å²) in [5.74, 6) is -2.85. The van der Waals surface area contributed by atoms with Gasteiger partial charge in [0.1, 0.15) is 11.6 Å². The molecule has 1 unspecified atom stereocenters. The third-order valence-corrected chi connectivity index (χ3v) is 5.57. The summed E-state index contributed by atoms with van der Waals surface area (Å²) in [5.41, 5.74) is 0.996. The third kappa shape index (κ3) is 3.37. The topological polar surface area (TPSA) is 129 Å². The van der Waals surface area contributed by atoms with Crippen LogP contribution in [0.25, 0.3) is 16.8 Å². The fraction of sp³-hybridized carbons (Fsp3) is 0.0417. The molecule has 1 aliphatic rings. The van der Waals surface area contributed by atoms with Gasteiger partial charge in [0.2, 0.25) is 5.95 Å². The number of aromatic nitrogens is 2. The molecule has 1 aromatic heterocycles. The molecule has 5 rings (SSSR count). The van der Waals surface area contributed by atoms with Gasteiger partial charge in [0.05, 0.1) is 27.6 Å². The van der Waals surface area contributed by atoms with Crippen LogP contribution in [0.2, 0.25) is 0 Å². The number of H-pyrrole nitrogens is 1. The van der Waals surface area contributed by atoms with Crippen LogP contribution in [0.5, 0.6) is 0 Å². The molecule has 0 spiro atoms. The van der Waals surface area contributed by atoms with Gasteiger partial charge in [-0.15, -0.1) is 0 Å². The molecular formula is C24H15FN4O5. The van der Waals surface area contributed by atoms with Crippen molar-refractivity contribution in [3.63, 3.8) is 0 Å². The number of aliphatic hydroxyl groups excluding tert-OH is 1. The Hall–Kier alpha value is -4.86. The second-order valence-corrected chi connectivity index (χ2v) is 7.61. The van der Waals surface area contributed by atoms with E-state index in [0.717, 1.165) is 4.90 Å². The van der Waals surface area contributed by atoms with Crippen LogP contribution >= 0.6 is 0 Å². The summed E-state index contributed by atoms with van der Waals surface area (Å²) in [4.78, 5) is 44.9. The lowest BCUT2D eigenvalue weighted by atomic mass is 9.95. The number of amides is 1. The zero-order valence-electron chi connectivity index (χ0n) is 17.3. The lowest BCUT2D eigenvalue weighted by molar-refractivity contribution is -0.384. The summed E-state index contributed by atoms with van der Waals surface area (Å²) < 4.78 is 13.7. The second kappa shape index (κ2) is 7.93. The monoisotopic (exact) mass is 458 g/mol. The molecule has 1 amide bonds. The Labute approximate surface area is 190 Å². The maximum absolute atomic E-state index is 13.7. The number of nitro groups is 1. The first kappa shape index (κ1) is 21.0. The number of nitro benzene ring substituents is 1. The summed E-state index contributed by atoms with van der Waals surface area (Å²) in [7, 11) is 0. The molecule has 1 atom stereocenters. The van der Waals surface area contributed by atoms with Gasteiger partial charge >= 0.3 is 5.91 Å². The van der Waals surface area contributed by atoms with E-state index < -0.39 is 34.2 Å². The van der Waals surface area contributed by atoms with Crippen LogP contribution in [0.1, 0.15) is 17.2 Å². The van der Waals surface area contributed by atoms with Crippen LogP contribution in [0.3, 0.4) is 0 Å². The number of Topliss-reactive ketones (excluding diaryl/α,β-unsaturated/α-hetero) is 1. The number of carbonyl (C=O) groups excluding carboxylic acids is 2. The Morgan fingerprint density at radius 2 is 1.76 bits per heavy atom. The highest BCUT2D eigenvalue weighted by molar-refractivity contribution is 6.51. The van der Waals surface area contributed by atoms with E-state index >= 15 is 0 Å². The van der Waals surface area contributed by atoms with Crippen molar-refractivity contribution in [3.05, 3.63) is 105 Å². The molecule has 1 aliphatic heterocycles. The molecule has 9 nitrogen and oxygen atoms in total. The van der Waals surface area contributed by atoms with Crippen molar-refractivity contribution in [1.82, 2.24) is 9.97 Å². The number of anilines is 1. The number of ketones is 1. The quantitative estimate of drug-likeness (QED) is 0.155. The summed E-state index contributed by atoms with van der Waals surface area (Å²) in [6.45, 7) is 0. The SMILES string of the molecule is O=C1C(=O)N(c2nc3ccc(F)cc3[nH]2)C(c2ccccc2)/C1=C(\O)c1ccc([N+](=O)[O-])cc1. The van der Waals surface area contributed by atoms with E-state index in [9.17, 15) is 29.2 Å². The third-order valence-electron chi connectivity index (χ3n) is 5.57. The zero-order chi connectivity index (χ0) is 24.0. The molecule has 34 heavy (non-hydrogen) atoms. The minimum atomic E-state index is -1.04. The molecule has 2 N–H and O–H groups in total. The predicted molar refractivity (Wildman–Crippen MR) is 120 cm³/mol. The van der Waals surface area contributed by atoms with Crippen LogP contribution in [0.15, 0.2) is 78.4 Å². The summed E-state index contributed by atoms with van der Waals surface area (Å²) in [6.07, 6.45) is 0. The first-order valence-corrected chi connectivity index (χ1v) is 10.1. The zero-order valence-corrected chi connectivity index (χ0v) is 17.3. The van der Waals surface area contributed by atoms with Crippen molar-refractivity contribution in [1.29, 1.82) is 0 Å². The fourth-order valence-corrected chi connectivity index (χ4v) is 3.98. The number of aromatic amines is 1. The van der Waals surface area contributed by atoms with Gasteiger partial charge in [-0.2, -0.15) is 0 Å². The molecule has 168 valence electrons. The molecule has 1 fully saturated rings. The molecule has 0 saturated carbocycles. The number of nitrogens with zero attached hydrogens (tertiary/aromatic N) is 3. The van der Waals surface area contributed by atoms with Crippen LogP contribution in [-0.2, 0) is 9.59 Å². The van der Waals surface area contributed by atoms with Crippen LogP contribution in [-0.4, -0.2) is 31.7 Å². The van der Waals surface area contributed by atoms with Crippen molar-refractivity contribution in [2.24, 2.45) is 0 Å². The molecule has 0 radical (unpaired) electrons. The number of hydrogen-bond donors (Lipinski definition) is 2. The van der Waals surface area contributed by atoms with Gasteiger partial charge in [0.15, 0.2) is 0 Å². The maximum atomic E-state index is 13.7. The van der Waals surface area contributed by atoms with Gasteiger partial charge in [-0.1, -0.05) is 30.3 Å². The van der Waals surface area contributed by atoms with E-state index in [1.165, 1.54) is 42.5 Å². The van der Waals surface area contributed by atoms with E-state index in [0.29, 0.717) is 16.6 Å². The van der Waals surface area contributed by atoms with Gasteiger partial charge < -0.3 is 10.1 Å². The van der Waals surface area contributed by atoms with Crippen LogP contribution in [0, 0.1) is 15.9 Å². The van der Waals surface area contributed by atoms with Gasteiger partial charge in [-0.3, -0.25) is 24.6 Å². The highest BCUT2D eigenvalue weighted by Gasteiger charge is 2.48. The number of non-ortho nitro benzene ring substituents is 1. The first-order chi connectivity index (χ1) is 16.3. The fourth-order valence-electron chi connectivity index (χ4n) is 3.98. The van der Waals surface area contributed by atoms with Crippen molar-refractivity contribution in [2.45, 2.75) is 6.04 Å². The van der Waals surface area contributed by atoms with Gasteiger partial charge in [0, 0.05) is 17.7 Å². The Balaban J connectivity index is 1.69. The Morgan fingerprint density at radius 1 is 1.06 bits per heavy atom. The number of hydrogen-bond acceptors (Lipinski definition) is 6. The first-order valence-electron chi connectivity index (χ1n) is 10.1. The molecule has 0 bridgehead atoms. The summed E-state index contributed by atoms with van der Waals surface area (Å²) >= 11 is 0. The molecular weight excluding hydrogens is 443 g/mol. The molecule has 3 aromatic carbocycles. The van der Waals surface area contributed by atoms with E-state index in [4.69, 9.17) is 0 Å². The van der Waals surface area contributed by atoms with E-state index in [1.54, 1.807) is 30.3 Å². The number of fused-ring (bicyclic) bond motifs is 1. The molecule has 1 saturated heterocycles. The average Bonchev–Trinajstić information content (AvgIpc) is 3.37. The smallest absolute Gasteiger partial charge is 0.302 e. The lowest BCUT2D eigenvalue weighted by Gasteiger charge is -2.23. The predicted octanol–water partition coefficient (Wildman–Crippen LogP) is 4.24. The highest BCUT2D eigenvalue weighted by atomic mass is 19.1. The van der Waals surface area contributed by atoms with E-state index in [-0.39, 0.29) is 22.8 Å². The van der Waals surface area contributed by atoms with Gasteiger partial charge in [0.25, 0.3) is 11.5 Å². The van der Waals surface area contributed by atoms with Crippen LogP contribution < -0.4 is 4.90 Å². The Morgan fingerprint density at radius 3 is 2.44 bits per heavy atom. The maximum Gasteiger partial charge on any atom is 0.302 e. The van der Waals surface area contributed by atoms with Gasteiger partial charge in [-0.25, -0.2) is 9.37 Å². The number of aliphatic hydroxyl groups is 1. The van der Waals surface area contributed by atoms with E-state index in [2.05, 4.69) is 9.97 Å². The number of carbonyl (C=O) groups is 2. The number of benzene rings is 3. The second-order valence-electron chi connectivity index (χ2n) is 7.61. The van der Waals surface area contributed by atoms with Gasteiger partial charge in [-0.05, 0) is 35.9 Å². The molecule has 10 heteroatoms. The highest BCUT2D eigenvalue weighted by Crippen LogP contribution is 2.41. The summed E-state index contributed by atoms with van der Waals surface area (Å²) in [5, 5.41) is 22.0. The average molecular weight is 458 g/mol. The molecule has 4 aromatic rings. The minimum Gasteiger partial charge on any atom is -0.507 e. The summed E-state index contributed by atoms with van der Waals surface area (Å²) in [6, 6.07) is 16.4. The van der Waals surface area contributed by atoms with Crippen molar-refractivity contribution in [2.75, 3.05) is 4.90 Å². The van der Waals surface area contributed by atoms with Crippen molar-refractivity contribution < 1.29 is 24.0 Å². The molecule has 0 aliphatic carbocycles. The van der Waals surface area contributed by atoms with Crippen LogP contribution in [0.4, 0.5) is 16.0 Å². The Kier molecular flexibility index (Phi) is 4.90. The molecule has 2 heterocycles. The van der Waals surface area contributed by atoms with Crippen molar-refractivity contribution >= 4 is 40.1 Å². The lowest BCUT2D eigenvalue weighted by Crippen LogP contribution is -2.30. The number of nitrogens with one attached hydrogen (secondary N) is 1.